The van der Waals surface area contributed by atoms with Crippen LogP contribution in [0.2, 0.25) is 0 Å². The highest BCUT2D eigenvalue weighted by Crippen LogP contribution is 2.30. The van der Waals surface area contributed by atoms with Gasteiger partial charge in [0, 0.05) is 87.4 Å². The molecule has 8 aromatic rings. The zero-order valence-electron chi connectivity index (χ0n) is 50.4. The standard InChI is InChI=1S/C38H44N4O2.C37H42N4O2/c43-37(33-19-18-29-12-8-9-17-32(29)26-33)39-27-34-20-25-42(38(44)36(40-34)21-24-41-22-10-3-11-23-41)28-35(30-13-4-1-5-14-30)31-15-6-2-7-16-31;42-36(32-18-17-28-11-7-8-16-31(28)25-32)38-26-33-19-24-41(37(43)35(39-33)20-23-40-21-9-10-22-40)27-34(29-12-3-1-4-13-29)30-14-5-2-6-15-30/h1-2,4-9,12-19,26,34-36,40H,3,10-11,20-25,27-28H2,(H,39,43);1-8,11-18,25,33-35,39H,9-10,19-24,26-27H2,(H,38,42)/t34-,36-;33-,35-/m00/s1. The van der Waals surface area contributed by atoms with E-state index in [0.717, 1.165) is 86.5 Å². The lowest BCUT2D eigenvalue weighted by atomic mass is 9.90. The van der Waals surface area contributed by atoms with Gasteiger partial charge in [-0.15, -0.1) is 0 Å². The van der Waals surface area contributed by atoms with Gasteiger partial charge in [-0.1, -0.05) is 188 Å². The molecule has 12 rings (SSSR count). The molecule has 4 aliphatic rings. The van der Waals surface area contributed by atoms with Crippen LogP contribution in [0.1, 0.15) is 113 Å². The Morgan fingerprint density at radius 2 is 0.736 bits per heavy atom. The first kappa shape index (κ1) is 60.7. The van der Waals surface area contributed by atoms with Crippen LogP contribution in [0.4, 0.5) is 0 Å². The van der Waals surface area contributed by atoms with Gasteiger partial charge in [0.2, 0.25) is 11.8 Å². The van der Waals surface area contributed by atoms with Crippen LogP contribution in [0, 0.1) is 0 Å². The number of hydrogen-bond acceptors (Lipinski definition) is 8. The topological polar surface area (TPSA) is 129 Å². The van der Waals surface area contributed by atoms with Gasteiger partial charge in [0.05, 0.1) is 12.1 Å². The molecule has 4 amide bonds. The van der Waals surface area contributed by atoms with E-state index in [1.165, 1.54) is 54.4 Å². The summed E-state index contributed by atoms with van der Waals surface area (Å²) in [5.41, 5.74) is 6.17. The van der Waals surface area contributed by atoms with Crippen molar-refractivity contribution in [3.8, 4) is 0 Å². The Labute approximate surface area is 514 Å². The number of nitrogens with zero attached hydrogens (tertiary/aromatic N) is 4. The second-order valence-corrected chi connectivity index (χ2v) is 24.3. The minimum absolute atomic E-state index is 0.00612. The number of carbonyl (C=O) groups is 4. The average molecular weight is 1160 g/mol. The number of rotatable bonds is 20. The molecule has 0 aliphatic carbocycles. The normalized spacial score (nSPS) is 19.6. The lowest BCUT2D eigenvalue weighted by molar-refractivity contribution is -0.133. The third kappa shape index (κ3) is 16.5. The number of piperidine rings is 1. The van der Waals surface area contributed by atoms with Crippen molar-refractivity contribution in [2.24, 2.45) is 0 Å². The smallest absolute Gasteiger partial charge is 0.251 e. The minimum atomic E-state index is -0.283. The fraction of sp³-hybridized carbons (Fsp3) is 0.360. The van der Waals surface area contributed by atoms with Gasteiger partial charge in [-0.05, 0) is 146 Å². The number of benzene rings is 8. The molecule has 0 bridgehead atoms. The van der Waals surface area contributed by atoms with Crippen molar-refractivity contribution >= 4 is 45.2 Å². The fourth-order valence-electron chi connectivity index (χ4n) is 13.4. The number of nitrogens with one attached hydrogen (secondary N) is 4. The van der Waals surface area contributed by atoms with E-state index in [9.17, 15) is 19.2 Å². The zero-order chi connectivity index (χ0) is 59.6. The Bertz CT molecular complexity index is 3410. The van der Waals surface area contributed by atoms with Gasteiger partial charge in [0.15, 0.2) is 0 Å². The Morgan fingerprint density at radius 1 is 0.402 bits per heavy atom. The van der Waals surface area contributed by atoms with E-state index in [0.29, 0.717) is 50.4 Å². The van der Waals surface area contributed by atoms with Crippen LogP contribution in [0.5, 0.6) is 0 Å². The van der Waals surface area contributed by atoms with Crippen LogP contribution in [0.3, 0.4) is 0 Å². The number of likely N-dealkylation sites (tertiary alicyclic amines) is 2. The number of hydrogen-bond donors (Lipinski definition) is 4. The summed E-state index contributed by atoms with van der Waals surface area (Å²) in [5.74, 6) is 0.356. The van der Waals surface area contributed by atoms with E-state index in [4.69, 9.17) is 0 Å². The molecule has 4 N–H and O–H groups in total. The molecule has 4 aliphatic heterocycles. The zero-order valence-corrected chi connectivity index (χ0v) is 50.4. The fourth-order valence-corrected chi connectivity index (χ4v) is 13.4. The molecule has 12 heteroatoms. The molecule has 0 unspecified atom stereocenters. The lowest BCUT2D eigenvalue weighted by Gasteiger charge is -2.31. The summed E-state index contributed by atoms with van der Waals surface area (Å²) in [6.07, 6.45) is 9.33. The Morgan fingerprint density at radius 3 is 1.10 bits per heavy atom. The van der Waals surface area contributed by atoms with Crippen LogP contribution in [-0.4, -0.2) is 146 Å². The quantitative estimate of drug-likeness (QED) is 0.0594. The first-order chi connectivity index (χ1) is 42.8. The van der Waals surface area contributed by atoms with Crippen molar-refractivity contribution in [2.45, 2.75) is 93.8 Å². The van der Waals surface area contributed by atoms with E-state index in [1.54, 1.807) is 0 Å². The molecule has 4 saturated heterocycles. The van der Waals surface area contributed by atoms with E-state index in [2.05, 4.69) is 150 Å². The highest BCUT2D eigenvalue weighted by molar-refractivity contribution is 5.99. The summed E-state index contributed by atoms with van der Waals surface area (Å²) in [6, 6.07) is 69.3. The summed E-state index contributed by atoms with van der Waals surface area (Å²) in [4.78, 5) is 63.8. The third-order valence-electron chi connectivity index (χ3n) is 18.4. The highest BCUT2D eigenvalue weighted by atomic mass is 16.2. The third-order valence-corrected chi connectivity index (χ3v) is 18.4. The first-order valence-electron chi connectivity index (χ1n) is 32.1. The van der Waals surface area contributed by atoms with E-state index >= 15 is 0 Å². The summed E-state index contributed by atoms with van der Waals surface area (Å²) in [5, 5.41) is 18.0. The monoisotopic (exact) mass is 1160 g/mol. The molecular formula is C75H86N8O4. The maximum atomic E-state index is 14.2. The van der Waals surface area contributed by atoms with Gasteiger partial charge < -0.3 is 40.9 Å². The highest BCUT2D eigenvalue weighted by Gasteiger charge is 2.35. The summed E-state index contributed by atoms with van der Waals surface area (Å²) >= 11 is 0. The van der Waals surface area contributed by atoms with Crippen molar-refractivity contribution in [2.75, 3.05) is 78.5 Å². The minimum Gasteiger partial charge on any atom is -0.350 e. The van der Waals surface area contributed by atoms with Crippen molar-refractivity contribution in [3.63, 3.8) is 0 Å². The maximum absolute atomic E-state index is 14.2. The van der Waals surface area contributed by atoms with Crippen LogP contribution in [0.15, 0.2) is 206 Å². The molecule has 0 spiro atoms. The molecule has 0 radical (unpaired) electrons. The van der Waals surface area contributed by atoms with Crippen LogP contribution >= 0.6 is 0 Å². The molecular weight excluding hydrogens is 1080 g/mol. The second-order valence-electron chi connectivity index (χ2n) is 24.3. The van der Waals surface area contributed by atoms with Gasteiger partial charge in [0.1, 0.15) is 0 Å². The van der Waals surface area contributed by atoms with Crippen LogP contribution in [0.25, 0.3) is 21.5 Å². The van der Waals surface area contributed by atoms with Crippen molar-refractivity contribution in [3.05, 3.63) is 240 Å². The van der Waals surface area contributed by atoms with Gasteiger partial charge in [-0.3, -0.25) is 19.2 Å². The Hall–Kier alpha value is -8.00. The maximum Gasteiger partial charge on any atom is 0.251 e. The molecule has 0 aromatic heterocycles. The first-order valence-corrected chi connectivity index (χ1v) is 32.1. The predicted molar refractivity (Wildman–Crippen MR) is 351 cm³/mol. The lowest BCUT2D eigenvalue weighted by Crippen LogP contribution is -2.50. The van der Waals surface area contributed by atoms with Crippen molar-refractivity contribution in [1.29, 1.82) is 0 Å². The molecule has 0 saturated carbocycles. The molecule has 4 fully saturated rings. The predicted octanol–water partition coefficient (Wildman–Crippen LogP) is 11.3. The van der Waals surface area contributed by atoms with Gasteiger partial charge in [-0.2, -0.15) is 0 Å². The molecule has 87 heavy (non-hydrogen) atoms. The second kappa shape index (κ2) is 30.6. The Balaban J connectivity index is 0.000000180. The molecule has 12 nitrogen and oxygen atoms in total. The summed E-state index contributed by atoms with van der Waals surface area (Å²) in [7, 11) is 0. The van der Waals surface area contributed by atoms with Gasteiger partial charge in [0.25, 0.3) is 11.8 Å². The number of carbonyl (C=O) groups excluding carboxylic acids is 4. The molecule has 4 atom stereocenters. The largest absolute Gasteiger partial charge is 0.350 e. The van der Waals surface area contributed by atoms with Crippen LogP contribution in [-0.2, 0) is 9.59 Å². The molecule has 8 aromatic carbocycles. The van der Waals surface area contributed by atoms with Gasteiger partial charge in [-0.25, -0.2) is 0 Å². The van der Waals surface area contributed by atoms with Crippen LogP contribution < -0.4 is 21.3 Å². The summed E-state index contributed by atoms with van der Waals surface area (Å²) in [6.45, 7) is 9.79. The number of amides is 4. The Kier molecular flexibility index (Phi) is 21.3. The van der Waals surface area contributed by atoms with E-state index in [1.807, 2.05) is 97.1 Å². The molecule has 4 heterocycles. The average Bonchev–Trinajstić information content (AvgIpc) is 4.05. The van der Waals surface area contributed by atoms with E-state index < -0.39 is 0 Å². The number of fused-ring (bicyclic) bond motifs is 2. The van der Waals surface area contributed by atoms with E-state index in [-0.39, 0.29) is 59.6 Å². The van der Waals surface area contributed by atoms with Crippen molar-refractivity contribution < 1.29 is 19.2 Å². The molecule has 450 valence electrons. The van der Waals surface area contributed by atoms with Gasteiger partial charge >= 0.3 is 0 Å². The SMILES string of the molecule is O=C(NC[C@@H]1CCN(CC(c2ccccc2)c2ccccc2)C(=O)[C@H](CCN2CCCC2)N1)c1ccc2ccccc2c1.O=C(NC[C@@H]1CCN(CC(c2ccccc2)c2ccccc2)C(=O)[C@H](CCN2CCCCC2)N1)c1ccc2ccccc2c1. The summed E-state index contributed by atoms with van der Waals surface area (Å²) < 4.78 is 0. The van der Waals surface area contributed by atoms with Crippen molar-refractivity contribution in [1.82, 2.24) is 40.9 Å².